The second-order valence-corrected chi connectivity index (χ2v) is 8.82. The summed E-state index contributed by atoms with van der Waals surface area (Å²) >= 11 is 0. The van der Waals surface area contributed by atoms with Crippen molar-refractivity contribution in [3.63, 3.8) is 0 Å². The van der Waals surface area contributed by atoms with Crippen molar-refractivity contribution in [1.82, 2.24) is 14.9 Å². The highest BCUT2D eigenvalue weighted by atomic mass is 16.4. The Morgan fingerprint density at radius 1 is 1.16 bits per heavy atom. The molecule has 2 aliphatic rings. The molecule has 3 N–H and O–H groups in total. The summed E-state index contributed by atoms with van der Waals surface area (Å²) in [4.78, 5) is 44.1. The number of carbonyl (C=O) groups excluding carboxylic acids is 1. The number of hydrogen-bond donors (Lipinski definition) is 3. The molecule has 1 amide bonds. The van der Waals surface area contributed by atoms with Crippen LogP contribution in [0.1, 0.15) is 31.9 Å². The van der Waals surface area contributed by atoms with Gasteiger partial charge in [-0.15, -0.1) is 0 Å². The Morgan fingerprint density at radius 3 is 2.59 bits per heavy atom. The zero-order chi connectivity index (χ0) is 22.8. The van der Waals surface area contributed by atoms with E-state index in [2.05, 4.69) is 10.3 Å². The van der Waals surface area contributed by atoms with Gasteiger partial charge in [0.1, 0.15) is 17.8 Å². The number of rotatable bonds is 4. The number of benzene rings is 2. The molecule has 3 atom stereocenters. The van der Waals surface area contributed by atoms with E-state index in [0.29, 0.717) is 16.8 Å². The van der Waals surface area contributed by atoms with E-state index >= 15 is 0 Å². The van der Waals surface area contributed by atoms with Crippen molar-refractivity contribution in [3.05, 3.63) is 70.8 Å². The van der Waals surface area contributed by atoms with E-state index in [4.69, 9.17) is 0 Å². The summed E-state index contributed by atoms with van der Waals surface area (Å²) < 4.78 is 1.04. The Kier molecular flexibility index (Phi) is 4.27. The summed E-state index contributed by atoms with van der Waals surface area (Å²) in [5, 5.41) is 25.4. The van der Waals surface area contributed by atoms with E-state index in [-0.39, 0.29) is 17.7 Å². The lowest BCUT2D eigenvalue weighted by molar-refractivity contribution is -0.144. The number of carbonyl (C=O) groups is 2. The minimum absolute atomic E-state index is 0.220. The first-order chi connectivity index (χ1) is 15.1. The van der Waals surface area contributed by atoms with Crippen molar-refractivity contribution in [3.8, 4) is 0 Å². The van der Waals surface area contributed by atoms with E-state index in [0.717, 1.165) is 4.57 Å². The minimum Gasteiger partial charge on any atom is -0.480 e. The first-order valence-corrected chi connectivity index (χ1v) is 10.3. The average Bonchev–Trinajstić information content (AvgIpc) is 3.15. The number of carboxylic acid groups (broad SMARTS) is 1. The van der Waals surface area contributed by atoms with Gasteiger partial charge in [0.2, 0.25) is 5.91 Å². The number of anilines is 1. The lowest BCUT2D eigenvalue weighted by atomic mass is 9.86. The third-order valence-electron chi connectivity index (χ3n) is 6.41. The Hall–Kier alpha value is -3.56. The van der Waals surface area contributed by atoms with E-state index in [1.54, 1.807) is 62.4 Å². The molecule has 1 fully saturated rings. The normalized spacial score (nSPS) is 24.4. The van der Waals surface area contributed by atoms with Gasteiger partial charge < -0.3 is 10.2 Å². The van der Waals surface area contributed by atoms with Crippen LogP contribution in [0.25, 0.3) is 10.9 Å². The van der Waals surface area contributed by atoms with E-state index in [1.807, 2.05) is 0 Å². The molecule has 32 heavy (non-hydrogen) atoms. The van der Waals surface area contributed by atoms with Crippen molar-refractivity contribution < 1.29 is 19.8 Å². The second-order valence-electron chi connectivity index (χ2n) is 8.82. The number of hydrogen-bond acceptors (Lipinski definition) is 6. The van der Waals surface area contributed by atoms with Gasteiger partial charge in [-0.05, 0) is 32.0 Å². The summed E-state index contributed by atoms with van der Waals surface area (Å²) in [5.41, 5.74) is -1.77. The molecular weight excluding hydrogens is 412 g/mol. The van der Waals surface area contributed by atoms with Gasteiger partial charge in [-0.1, -0.05) is 30.3 Å². The number of carboxylic acids is 1. The van der Waals surface area contributed by atoms with Gasteiger partial charge in [-0.25, -0.2) is 9.78 Å². The van der Waals surface area contributed by atoms with Crippen LogP contribution in [0.3, 0.4) is 0 Å². The zero-order valence-electron chi connectivity index (χ0n) is 17.5. The standard InChI is InChI=1S/C23H22N4O5/c1-22(2)21(31)27-16-10-6-4-8-14(16)23(32,20(27)25-22)11-17(19(29)30)26-12-24-15-9-5-3-7-13(15)18(26)28/h3-10,12,17,20,25,32H,11H2,1-2H3,(H,29,30)/t17-,20+,23-/m0/s1. The Bertz CT molecular complexity index is 1330. The Balaban J connectivity index is 1.64. The van der Waals surface area contributed by atoms with Gasteiger partial charge >= 0.3 is 5.97 Å². The molecule has 0 radical (unpaired) electrons. The van der Waals surface area contributed by atoms with Crippen LogP contribution in [-0.2, 0) is 15.2 Å². The van der Waals surface area contributed by atoms with E-state index in [1.165, 1.54) is 11.2 Å². The van der Waals surface area contributed by atoms with Gasteiger partial charge in [0, 0.05) is 12.0 Å². The van der Waals surface area contributed by atoms with Crippen molar-refractivity contribution in [2.45, 2.75) is 43.6 Å². The molecule has 2 aromatic carbocycles. The van der Waals surface area contributed by atoms with Gasteiger partial charge in [-0.3, -0.25) is 24.4 Å². The van der Waals surface area contributed by atoms with Crippen LogP contribution in [0, 0.1) is 0 Å². The Labute approximate surface area is 182 Å². The summed E-state index contributed by atoms with van der Waals surface area (Å²) in [6.45, 7) is 3.42. The number of fused-ring (bicyclic) bond motifs is 4. The molecule has 3 heterocycles. The number of amides is 1. The monoisotopic (exact) mass is 434 g/mol. The van der Waals surface area contributed by atoms with Gasteiger partial charge in [0.15, 0.2) is 0 Å². The summed E-state index contributed by atoms with van der Waals surface area (Å²) in [5.74, 6) is -1.50. The molecule has 5 rings (SSSR count). The third kappa shape index (κ3) is 2.71. The van der Waals surface area contributed by atoms with Crippen LogP contribution < -0.4 is 15.8 Å². The van der Waals surface area contributed by atoms with E-state index in [9.17, 15) is 24.6 Å². The smallest absolute Gasteiger partial charge is 0.326 e. The largest absolute Gasteiger partial charge is 0.480 e. The van der Waals surface area contributed by atoms with Crippen molar-refractivity contribution >= 4 is 28.5 Å². The molecule has 1 saturated heterocycles. The molecule has 9 nitrogen and oxygen atoms in total. The molecular formula is C23H22N4O5. The Morgan fingerprint density at radius 2 is 1.84 bits per heavy atom. The summed E-state index contributed by atoms with van der Waals surface area (Å²) in [7, 11) is 0. The predicted octanol–water partition coefficient (Wildman–Crippen LogP) is 1.35. The van der Waals surface area contributed by atoms with Crippen LogP contribution in [0.5, 0.6) is 0 Å². The maximum absolute atomic E-state index is 13.1. The van der Waals surface area contributed by atoms with Crippen LogP contribution in [0.4, 0.5) is 5.69 Å². The predicted molar refractivity (Wildman–Crippen MR) is 116 cm³/mol. The second kappa shape index (κ2) is 6.72. The lowest BCUT2D eigenvalue weighted by Gasteiger charge is -2.33. The van der Waals surface area contributed by atoms with Gasteiger partial charge in [-0.2, -0.15) is 0 Å². The molecule has 1 aromatic heterocycles. The topological polar surface area (TPSA) is 125 Å². The average molecular weight is 434 g/mol. The maximum atomic E-state index is 13.1. The summed E-state index contributed by atoms with van der Waals surface area (Å²) in [6, 6.07) is 12.2. The fourth-order valence-electron chi connectivity index (χ4n) is 4.79. The summed E-state index contributed by atoms with van der Waals surface area (Å²) in [6.07, 6.45) is -0.00673. The highest BCUT2D eigenvalue weighted by Gasteiger charge is 2.61. The molecule has 9 heteroatoms. The van der Waals surface area contributed by atoms with Crippen LogP contribution in [0.2, 0.25) is 0 Å². The molecule has 0 bridgehead atoms. The van der Waals surface area contributed by atoms with E-state index < -0.39 is 34.9 Å². The number of nitrogens with one attached hydrogen (secondary N) is 1. The highest BCUT2D eigenvalue weighted by molar-refractivity contribution is 6.05. The van der Waals surface area contributed by atoms with Crippen molar-refractivity contribution in [2.24, 2.45) is 0 Å². The maximum Gasteiger partial charge on any atom is 0.326 e. The highest BCUT2D eigenvalue weighted by Crippen LogP contribution is 2.50. The fourth-order valence-corrected chi connectivity index (χ4v) is 4.79. The molecule has 3 aromatic rings. The molecule has 0 spiro atoms. The van der Waals surface area contributed by atoms with Gasteiger partial charge in [0.25, 0.3) is 5.56 Å². The third-order valence-corrected chi connectivity index (χ3v) is 6.41. The molecule has 0 saturated carbocycles. The number of aliphatic hydroxyl groups is 1. The minimum atomic E-state index is -1.74. The zero-order valence-corrected chi connectivity index (χ0v) is 17.5. The quantitative estimate of drug-likeness (QED) is 0.566. The fraction of sp³-hybridized carbons (Fsp3) is 0.304. The van der Waals surface area contributed by atoms with Gasteiger partial charge in [0.05, 0.1) is 28.5 Å². The first kappa shape index (κ1) is 20.3. The molecule has 164 valence electrons. The molecule has 0 unspecified atom stereocenters. The SMILES string of the molecule is CC1(C)N[C@@H]2N(C1=O)c1ccccc1[C@@]2(O)C[C@@H](C(=O)O)n1cnc2ccccc2c1=O. The lowest BCUT2D eigenvalue weighted by Crippen LogP contribution is -2.52. The number of aromatic nitrogens is 2. The first-order valence-electron chi connectivity index (χ1n) is 10.3. The number of para-hydroxylation sites is 2. The number of aliphatic carboxylic acids is 1. The van der Waals surface area contributed by atoms with Crippen LogP contribution in [0.15, 0.2) is 59.7 Å². The molecule has 0 aliphatic carbocycles. The van der Waals surface area contributed by atoms with Crippen LogP contribution in [-0.4, -0.2) is 43.3 Å². The van der Waals surface area contributed by atoms with Crippen LogP contribution >= 0.6 is 0 Å². The van der Waals surface area contributed by atoms with Crippen molar-refractivity contribution in [1.29, 1.82) is 0 Å². The molecule has 2 aliphatic heterocycles. The number of nitrogens with zero attached hydrogens (tertiary/aromatic N) is 3. The van der Waals surface area contributed by atoms with Crippen molar-refractivity contribution in [2.75, 3.05) is 4.90 Å².